The van der Waals surface area contributed by atoms with E-state index in [9.17, 15) is 9.50 Å². The lowest BCUT2D eigenvalue weighted by atomic mass is 9.84. The van der Waals surface area contributed by atoms with Crippen molar-refractivity contribution in [1.29, 1.82) is 0 Å². The van der Waals surface area contributed by atoms with Gasteiger partial charge in [-0.05, 0) is 23.3 Å². The Morgan fingerprint density at radius 1 is 1.00 bits per heavy atom. The van der Waals surface area contributed by atoms with Crippen molar-refractivity contribution < 1.29 is 9.50 Å². The van der Waals surface area contributed by atoms with Crippen molar-refractivity contribution in [3.05, 3.63) is 71.5 Å². The van der Waals surface area contributed by atoms with E-state index in [-0.39, 0.29) is 12.2 Å². The minimum absolute atomic E-state index is 0.142. The lowest BCUT2D eigenvalue weighted by molar-refractivity contribution is 0.0865. The SMILES string of the molecule is C#CCC(O)(c1ccccc1)c1ccc(F)cc1. The van der Waals surface area contributed by atoms with Crippen LogP contribution >= 0.6 is 0 Å². The second-order valence-electron chi connectivity index (χ2n) is 4.11. The third-order valence-electron chi connectivity index (χ3n) is 2.93. The van der Waals surface area contributed by atoms with E-state index in [1.165, 1.54) is 12.1 Å². The Hall–Kier alpha value is -2.11. The molecule has 2 aromatic rings. The highest BCUT2D eigenvalue weighted by Gasteiger charge is 2.30. The van der Waals surface area contributed by atoms with Gasteiger partial charge in [0.25, 0.3) is 0 Å². The summed E-state index contributed by atoms with van der Waals surface area (Å²) in [4.78, 5) is 0. The molecule has 0 saturated carbocycles. The standard InChI is InChI=1S/C16H13FO/c1-2-12-16(18,13-6-4-3-5-7-13)14-8-10-15(17)11-9-14/h1,3-11,18H,12H2. The predicted octanol–water partition coefficient (Wildman–Crippen LogP) is 3.08. The van der Waals surface area contributed by atoms with Gasteiger partial charge in [0.05, 0.1) is 0 Å². The van der Waals surface area contributed by atoms with E-state index in [1.54, 1.807) is 24.3 Å². The summed E-state index contributed by atoms with van der Waals surface area (Å²) in [6.45, 7) is 0. The van der Waals surface area contributed by atoms with Crippen LogP contribution in [0.2, 0.25) is 0 Å². The third kappa shape index (κ3) is 2.27. The van der Waals surface area contributed by atoms with Crippen LogP contribution in [0, 0.1) is 18.2 Å². The molecule has 0 amide bonds. The summed E-state index contributed by atoms with van der Waals surface area (Å²) in [6.07, 6.45) is 5.48. The van der Waals surface area contributed by atoms with Crippen molar-refractivity contribution >= 4 is 0 Å². The fraction of sp³-hybridized carbons (Fsp3) is 0.125. The summed E-state index contributed by atoms with van der Waals surface area (Å²) in [5.74, 6) is 2.14. The van der Waals surface area contributed by atoms with E-state index >= 15 is 0 Å². The second kappa shape index (κ2) is 5.03. The van der Waals surface area contributed by atoms with Crippen molar-refractivity contribution in [2.45, 2.75) is 12.0 Å². The van der Waals surface area contributed by atoms with Crippen LogP contribution in [0.15, 0.2) is 54.6 Å². The summed E-state index contributed by atoms with van der Waals surface area (Å²) < 4.78 is 12.9. The lowest BCUT2D eigenvalue weighted by Gasteiger charge is -2.27. The molecule has 0 saturated heterocycles. The van der Waals surface area contributed by atoms with Gasteiger partial charge in [-0.2, -0.15) is 0 Å². The molecule has 0 radical (unpaired) electrons. The maximum atomic E-state index is 12.9. The average Bonchev–Trinajstić information content (AvgIpc) is 2.40. The molecule has 0 aromatic heterocycles. The van der Waals surface area contributed by atoms with Crippen LogP contribution in [-0.2, 0) is 5.60 Å². The fourth-order valence-electron chi connectivity index (χ4n) is 1.96. The van der Waals surface area contributed by atoms with Gasteiger partial charge in [0.15, 0.2) is 0 Å². The highest BCUT2D eigenvalue weighted by Crippen LogP contribution is 2.32. The monoisotopic (exact) mass is 240 g/mol. The molecule has 0 aliphatic rings. The maximum absolute atomic E-state index is 12.9. The van der Waals surface area contributed by atoms with Crippen molar-refractivity contribution in [2.75, 3.05) is 0 Å². The molecule has 2 rings (SSSR count). The predicted molar refractivity (Wildman–Crippen MR) is 69.3 cm³/mol. The Morgan fingerprint density at radius 3 is 2.11 bits per heavy atom. The first kappa shape index (κ1) is 12.3. The molecule has 2 heteroatoms. The molecule has 1 atom stereocenters. The van der Waals surface area contributed by atoms with E-state index in [2.05, 4.69) is 5.92 Å². The van der Waals surface area contributed by atoms with Gasteiger partial charge in [0.1, 0.15) is 11.4 Å². The molecular formula is C16H13FO. The Kier molecular flexibility index (Phi) is 3.45. The number of hydrogen-bond acceptors (Lipinski definition) is 1. The van der Waals surface area contributed by atoms with E-state index < -0.39 is 5.60 Å². The zero-order chi connectivity index (χ0) is 13.0. The van der Waals surface area contributed by atoms with Crippen LogP contribution in [0.25, 0.3) is 0 Å². The Bertz CT molecular complexity index is 554. The van der Waals surface area contributed by atoms with Gasteiger partial charge in [0, 0.05) is 6.42 Å². The van der Waals surface area contributed by atoms with Crippen LogP contribution in [0.1, 0.15) is 17.5 Å². The zero-order valence-corrected chi connectivity index (χ0v) is 9.81. The molecule has 0 aliphatic heterocycles. The molecule has 1 N–H and O–H groups in total. The van der Waals surface area contributed by atoms with Gasteiger partial charge in [-0.15, -0.1) is 12.3 Å². The Labute approximate surface area is 106 Å². The smallest absolute Gasteiger partial charge is 0.125 e. The quantitative estimate of drug-likeness (QED) is 0.817. The largest absolute Gasteiger partial charge is 0.379 e. The third-order valence-corrected chi connectivity index (χ3v) is 2.93. The van der Waals surface area contributed by atoms with Gasteiger partial charge in [-0.3, -0.25) is 0 Å². The number of hydrogen-bond donors (Lipinski definition) is 1. The molecule has 0 spiro atoms. The molecule has 0 aliphatic carbocycles. The first-order chi connectivity index (χ1) is 8.66. The molecule has 1 nitrogen and oxygen atoms in total. The van der Waals surface area contributed by atoms with Gasteiger partial charge in [0.2, 0.25) is 0 Å². The summed E-state index contributed by atoms with van der Waals surface area (Å²) in [5, 5.41) is 10.8. The summed E-state index contributed by atoms with van der Waals surface area (Å²) >= 11 is 0. The van der Waals surface area contributed by atoms with Crippen molar-refractivity contribution in [2.24, 2.45) is 0 Å². The first-order valence-corrected chi connectivity index (χ1v) is 5.64. The molecule has 0 fully saturated rings. The van der Waals surface area contributed by atoms with Gasteiger partial charge >= 0.3 is 0 Å². The van der Waals surface area contributed by atoms with Crippen LogP contribution in [0.3, 0.4) is 0 Å². The Morgan fingerprint density at radius 2 is 1.56 bits per heavy atom. The van der Waals surface area contributed by atoms with Crippen LogP contribution in [0.4, 0.5) is 4.39 Å². The normalized spacial score (nSPS) is 13.6. The average molecular weight is 240 g/mol. The summed E-state index contributed by atoms with van der Waals surface area (Å²) in [5.41, 5.74) is 0.0200. The molecule has 90 valence electrons. The maximum Gasteiger partial charge on any atom is 0.125 e. The van der Waals surface area contributed by atoms with E-state index in [0.717, 1.165) is 0 Å². The molecule has 2 aromatic carbocycles. The second-order valence-corrected chi connectivity index (χ2v) is 4.11. The molecular weight excluding hydrogens is 227 g/mol. The summed E-state index contributed by atoms with van der Waals surface area (Å²) in [7, 11) is 0. The topological polar surface area (TPSA) is 20.2 Å². The van der Waals surface area contributed by atoms with Crippen molar-refractivity contribution in [3.63, 3.8) is 0 Å². The van der Waals surface area contributed by atoms with Crippen molar-refractivity contribution in [1.82, 2.24) is 0 Å². The van der Waals surface area contributed by atoms with E-state index in [0.29, 0.717) is 11.1 Å². The van der Waals surface area contributed by atoms with E-state index in [1.807, 2.05) is 18.2 Å². The number of halogens is 1. The molecule has 0 bridgehead atoms. The highest BCUT2D eigenvalue weighted by molar-refractivity contribution is 5.37. The molecule has 18 heavy (non-hydrogen) atoms. The summed E-state index contributed by atoms with van der Waals surface area (Å²) in [6, 6.07) is 14.9. The zero-order valence-electron chi connectivity index (χ0n) is 9.81. The first-order valence-electron chi connectivity index (χ1n) is 5.64. The highest BCUT2D eigenvalue weighted by atomic mass is 19.1. The van der Waals surface area contributed by atoms with Gasteiger partial charge in [-0.25, -0.2) is 4.39 Å². The van der Waals surface area contributed by atoms with Crippen LogP contribution in [-0.4, -0.2) is 5.11 Å². The number of aliphatic hydroxyl groups is 1. The minimum Gasteiger partial charge on any atom is -0.379 e. The fourth-order valence-corrected chi connectivity index (χ4v) is 1.96. The number of benzene rings is 2. The van der Waals surface area contributed by atoms with Crippen LogP contribution < -0.4 is 0 Å². The molecule has 1 unspecified atom stereocenters. The minimum atomic E-state index is -1.27. The molecule has 0 heterocycles. The lowest BCUT2D eigenvalue weighted by Crippen LogP contribution is -2.26. The van der Waals surface area contributed by atoms with Gasteiger partial charge in [-0.1, -0.05) is 42.5 Å². The Balaban J connectivity index is 2.51. The van der Waals surface area contributed by atoms with Gasteiger partial charge < -0.3 is 5.11 Å². The van der Waals surface area contributed by atoms with Crippen LogP contribution in [0.5, 0.6) is 0 Å². The van der Waals surface area contributed by atoms with Crippen molar-refractivity contribution in [3.8, 4) is 12.3 Å². The van der Waals surface area contributed by atoms with E-state index in [4.69, 9.17) is 6.42 Å². The number of rotatable bonds is 3. The number of terminal acetylenes is 1.